The first-order chi connectivity index (χ1) is 16.0. The second-order valence-corrected chi connectivity index (χ2v) is 9.72. The highest BCUT2D eigenvalue weighted by Crippen LogP contribution is 2.48. The molecule has 7 nitrogen and oxygen atoms in total. The molecule has 2 fully saturated rings. The van der Waals surface area contributed by atoms with Gasteiger partial charge in [-0.3, -0.25) is 14.1 Å². The van der Waals surface area contributed by atoms with Crippen LogP contribution in [-0.2, 0) is 7.05 Å². The summed E-state index contributed by atoms with van der Waals surface area (Å²) in [5, 5.41) is 6.93. The molecule has 0 radical (unpaired) electrons. The number of nitrogens with zero attached hydrogens (tertiary/aromatic N) is 5. The molecule has 0 aliphatic heterocycles. The number of H-pyrrole nitrogens is 1. The monoisotopic (exact) mass is 442 g/mol. The number of nitrogens with one attached hydrogen (secondary N) is 1. The van der Waals surface area contributed by atoms with Gasteiger partial charge in [0.15, 0.2) is 0 Å². The lowest BCUT2D eigenvalue weighted by Crippen LogP contribution is -2.24. The van der Waals surface area contributed by atoms with Gasteiger partial charge in [0.2, 0.25) is 0 Å². The molecule has 1 aromatic carbocycles. The predicted octanol–water partition coefficient (Wildman–Crippen LogP) is 5.24. The molecule has 3 heterocycles. The number of anilines is 1. The molecular weight excluding hydrogens is 412 g/mol. The first-order valence-corrected chi connectivity index (χ1v) is 11.9. The number of benzene rings is 1. The molecule has 33 heavy (non-hydrogen) atoms. The Kier molecular flexibility index (Phi) is 4.50. The number of hydrogen-bond acceptors (Lipinski definition) is 4. The number of imidazole rings is 1. The van der Waals surface area contributed by atoms with E-state index in [2.05, 4.69) is 46.5 Å². The van der Waals surface area contributed by atoms with Crippen LogP contribution in [0.15, 0.2) is 34.3 Å². The second-order valence-electron chi connectivity index (χ2n) is 9.72. The van der Waals surface area contributed by atoms with Gasteiger partial charge in [-0.2, -0.15) is 5.10 Å². The van der Waals surface area contributed by atoms with Crippen molar-refractivity contribution in [2.45, 2.75) is 57.4 Å². The van der Waals surface area contributed by atoms with Gasteiger partial charge >= 0.3 is 5.69 Å². The van der Waals surface area contributed by atoms with Crippen molar-refractivity contribution in [1.82, 2.24) is 19.1 Å². The Morgan fingerprint density at radius 1 is 1.21 bits per heavy atom. The Morgan fingerprint density at radius 2 is 1.97 bits per heavy atom. The van der Waals surface area contributed by atoms with Gasteiger partial charge in [0.25, 0.3) is 0 Å². The third kappa shape index (κ3) is 2.98. The van der Waals surface area contributed by atoms with Crippen molar-refractivity contribution in [3.8, 4) is 11.1 Å². The molecular formula is C26H30N6O. The van der Waals surface area contributed by atoms with E-state index in [1.54, 1.807) is 9.58 Å². The average molecular weight is 443 g/mol. The number of rotatable bonds is 5. The lowest BCUT2D eigenvalue weighted by molar-refractivity contribution is 0.510. The maximum absolute atomic E-state index is 13.4. The maximum Gasteiger partial charge on any atom is 0.329 e. The Hall–Kier alpha value is -3.35. The van der Waals surface area contributed by atoms with Crippen molar-refractivity contribution < 1.29 is 0 Å². The third-order valence-corrected chi connectivity index (χ3v) is 7.62. The zero-order valence-electron chi connectivity index (χ0n) is 19.6. The highest BCUT2D eigenvalue weighted by atomic mass is 16.1. The van der Waals surface area contributed by atoms with Crippen molar-refractivity contribution in [3.63, 3.8) is 0 Å². The van der Waals surface area contributed by atoms with E-state index in [1.165, 1.54) is 36.9 Å². The smallest absolute Gasteiger partial charge is 0.329 e. The molecule has 0 spiro atoms. The van der Waals surface area contributed by atoms with Crippen molar-refractivity contribution in [1.29, 1.82) is 0 Å². The van der Waals surface area contributed by atoms with E-state index in [9.17, 15) is 4.79 Å². The fraction of sp³-hybridized carbons (Fsp3) is 0.423. The minimum Gasteiger partial charge on any atom is -0.342 e. The highest BCUT2D eigenvalue weighted by Gasteiger charge is 2.32. The largest absolute Gasteiger partial charge is 0.342 e. The van der Waals surface area contributed by atoms with Crippen LogP contribution < -0.4 is 10.7 Å². The fourth-order valence-corrected chi connectivity index (χ4v) is 5.73. The second kappa shape index (κ2) is 7.33. The van der Waals surface area contributed by atoms with Crippen molar-refractivity contribution in [3.05, 3.63) is 46.1 Å². The van der Waals surface area contributed by atoms with Crippen LogP contribution in [0.4, 0.5) is 5.69 Å². The van der Waals surface area contributed by atoms with Crippen LogP contribution in [0.1, 0.15) is 61.7 Å². The average Bonchev–Trinajstić information content (AvgIpc) is 3.27. The number of hydrogen-bond donors (Lipinski definition) is 1. The number of fused-ring (bicyclic) bond motifs is 3. The van der Waals surface area contributed by atoms with E-state index in [0.29, 0.717) is 5.92 Å². The normalized spacial score (nSPS) is 16.8. The third-order valence-electron chi connectivity index (χ3n) is 7.62. The molecule has 0 unspecified atom stereocenters. The number of aryl methyl sites for hydroxylation is 2. The van der Waals surface area contributed by atoms with E-state index in [0.717, 1.165) is 51.7 Å². The summed E-state index contributed by atoms with van der Waals surface area (Å²) in [4.78, 5) is 21.8. The minimum absolute atomic E-state index is 0.0662. The van der Waals surface area contributed by atoms with Crippen LogP contribution >= 0.6 is 0 Å². The van der Waals surface area contributed by atoms with Gasteiger partial charge in [0.05, 0.1) is 28.3 Å². The van der Waals surface area contributed by atoms with Crippen molar-refractivity contribution in [2.24, 2.45) is 12.1 Å². The molecule has 0 bridgehead atoms. The molecule has 0 atom stereocenters. The van der Waals surface area contributed by atoms with E-state index in [-0.39, 0.29) is 11.7 Å². The van der Waals surface area contributed by atoms with Gasteiger partial charge < -0.3 is 4.98 Å². The van der Waals surface area contributed by atoms with Gasteiger partial charge in [-0.05, 0) is 61.8 Å². The summed E-state index contributed by atoms with van der Waals surface area (Å²) in [6.07, 6.45) is 8.72. The molecule has 1 N–H and O–H groups in total. The van der Waals surface area contributed by atoms with Gasteiger partial charge in [-0.15, -0.1) is 0 Å². The maximum atomic E-state index is 13.4. The zero-order valence-corrected chi connectivity index (χ0v) is 19.6. The Labute approximate surface area is 192 Å². The van der Waals surface area contributed by atoms with Crippen molar-refractivity contribution in [2.75, 3.05) is 12.1 Å². The number of hydrazone groups is 1. The zero-order chi connectivity index (χ0) is 22.9. The van der Waals surface area contributed by atoms with E-state index in [4.69, 9.17) is 4.98 Å². The summed E-state index contributed by atoms with van der Waals surface area (Å²) in [7, 11) is 3.78. The molecule has 0 amide bonds. The lowest BCUT2D eigenvalue weighted by atomic mass is 9.97. The Bertz CT molecular complexity index is 1460. The van der Waals surface area contributed by atoms with E-state index < -0.39 is 0 Å². The summed E-state index contributed by atoms with van der Waals surface area (Å²) in [5.74, 6) is 0.525. The molecule has 3 aromatic heterocycles. The highest BCUT2D eigenvalue weighted by molar-refractivity contribution is 6.11. The summed E-state index contributed by atoms with van der Waals surface area (Å²) in [5.41, 5.74) is 8.67. The first-order valence-electron chi connectivity index (χ1n) is 11.9. The minimum atomic E-state index is 0.0662. The number of aromatic nitrogens is 4. The Morgan fingerprint density at radius 3 is 2.64 bits per heavy atom. The van der Waals surface area contributed by atoms with Crippen LogP contribution in [0.25, 0.3) is 33.2 Å². The molecule has 0 saturated heterocycles. The lowest BCUT2D eigenvalue weighted by Gasteiger charge is -2.17. The number of aromatic amines is 1. The molecule has 2 saturated carbocycles. The van der Waals surface area contributed by atoms with Crippen LogP contribution in [-0.4, -0.2) is 32.9 Å². The number of pyridine rings is 1. The predicted molar refractivity (Wildman–Crippen MR) is 134 cm³/mol. The summed E-state index contributed by atoms with van der Waals surface area (Å²) < 4.78 is 3.84. The van der Waals surface area contributed by atoms with Crippen molar-refractivity contribution >= 4 is 34.5 Å². The van der Waals surface area contributed by atoms with E-state index >= 15 is 0 Å². The molecule has 6 rings (SSSR count). The molecule has 4 aromatic rings. The van der Waals surface area contributed by atoms with Gasteiger partial charge in [-0.1, -0.05) is 18.9 Å². The topological polar surface area (TPSA) is 71.2 Å². The van der Waals surface area contributed by atoms with Crippen LogP contribution in [0.3, 0.4) is 0 Å². The SMILES string of the molecule is C=NN(C)c1ccc(-c2c(C3CC3)[nH]c3ncc4c(c23)n(C2CCCC2)c(=O)n4C)cc1C. The van der Waals surface area contributed by atoms with E-state index in [1.807, 2.05) is 20.3 Å². The Balaban J connectivity index is 1.69. The summed E-state index contributed by atoms with van der Waals surface area (Å²) in [6, 6.07) is 6.76. The van der Waals surface area contributed by atoms with Crippen LogP contribution in [0.5, 0.6) is 0 Å². The standard InChI is InChI=1S/C26H30N6O/c1-15-13-17(11-12-19(15)31(4)27-2)21-22-24-20(14-28-25(22)29-23(21)16-9-10-16)30(3)26(33)32(24)18-7-5-6-8-18/h11-14,16,18H,2,5-10H2,1,3-4H3,(H,28,29). The molecule has 170 valence electrons. The quantitative estimate of drug-likeness (QED) is 0.340. The molecule has 2 aliphatic carbocycles. The molecule has 7 heteroatoms. The van der Waals surface area contributed by atoms with Gasteiger partial charge in [0.1, 0.15) is 5.65 Å². The summed E-state index contributed by atoms with van der Waals surface area (Å²) in [6.45, 7) is 5.77. The van der Waals surface area contributed by atoms with Gasteiger partial charge in [0, 0.05) is 38.1 Å². The molecule has 2 aliphatic rings. The van der Waals surface area contributed by atoms with Crippen LogP contribution in [0.2, 0.25) is 0 Å². The fourth-order valence-electron chi connectivity index (χ4n) is 5.73. The summed E-state index contributed by atoms with van der Waals surface area (Å²) >= 11 is 0. The van der Waals surface area contributed by atoms with Crippen LogP contribution in [0, 0.1) is 6.92 Å². The first kappa shape index (κ1) is 20.3. The van der Waals surface area contributed by atoms with Gasteiger partial charge in [-0.25, -0.2) is 9.78 Å².